The number of unbranched alkanes of at least 4 members (excludes halogenated alkanes) is 36. The van der Waals surface area contributed by atoms with Gasteiger partial charge in [0.1, 0.15) is 6.10 Å². The Morgan fingerprint density at radius 3 is 1.11 bits per heavy atom. The van der Waals surface area contributed by atoms with Crippen molar-refractivity contribution in [3.05, 3.63) is 0 Å². The Labute approximate surface area is 354 Å². The van der Waals surface area contributed by atoms with Crippen molar-refractivity contribution in [1.82, 2.24) is 0 Å². The minimum Gasteiger partial charge on any atom is -0.457 e. The summed E-state index contributed by atoms with van der Waals surface area (Å²) in [6.07, 6.45) is 49.9. The molecule has 0 saturated carbocycles. The molecule has 0 saturated heterocycles. The van der Waals surface area contributed by atoms with E-state index < -0.39 is 13.9 Å². The quantitative estimate of drug-likeness (QED) is 0.0354. The van der Waals surface area contributed by atoms with Crippen LogP contribution in [0.25, 0.3) is 0 Å². The van der Waals surface area contributed by atoms with Crippen LogP contribution >= 0.6 is 7.82 Å². The molecule has 0 aliphatic heterocycles. The van der Waals surface area contributed by atoms with Gasteiger partial charge in [0.05, 0.1) is 19.8 Å². The van der Waals surface area contributed by atoms with Crippen LogP contribution in [0.4, 0.5) is 0 Å². The molecule has 3 N–H and O–H groups in total. The minimum absolute atomic E-state index is 0.0898. The molecule has 57 heavy (non-hydrogen) atoms. The molecule has 0 heterocycles. The molecule has 0 aliphatic rings. The number of nitrogens with two attached hydrogens (primary N) is 1. The first-order valence-corrected chi connectivity index (χ1v) is 26.5. The first-order chi connectivity index (χ1) is 27.9. The topological polar surface area (TPSA) is 117 Å². The van der Waals surface area contributed by atoms with Crippen LogP contribution in [0.3, 0.4) is 0 Å². The van der Waals surface area contributed by atoms with Crippen molar-refractivity contribution in [2.45, 2.75) is 270 Å². The third-order valence-corrected chi connectivity index (χ3v) is 12.3. The van der Waals surface area contributed by atoms with Crippen LogP contribution in [0, 0.1) is 0 Å². The highest BCUT2D eigenvalue weighted by Gasteiger charge is 2.25. The number of carbonyl (C=O) groups excluding carboxylic acids is 1. The molecular formula is C48H98NO7P. The highest BCUT2D eigenvalue weighted by atomic mass is 31.2. The number of esters is 1. The summed E-state index contributed by atoms with van der Waals surface area (Å²) < 4.78 is 33.6. The summed E-state index contributed by atoms with van der Waals surface area (Å²) >= 11 is 0. The molecule has 0 aliphatic carbocycles. The number of carbonyl (C=O) groups is 1. The van der Waals surface area contributed by atoms with E-state index >= 15 is 0 Å². The molecule has 0 spiro atoms. The van der Waals surface area contributed by atoms with Gasteiger partial charge >= 0.3 is 13.8 Å². The van der Waals surface area contributed by atoms with Gasteiger partial charge in [0.2, 0.25) is 0 Å². The van der Waals surface area contributed by atoms with Crippen LogP contribution in [0.1, 0.15) is 264 Å². The predicted molar refractivity (Wildman–Crippen MR) is 243 cm³/mol. The number of ether oxygens (including phenoxy) is 2. The van der Waals surface area contributed by atoms with Crippen LogP contribution in [-0.4, -0.2) is 49.9 Å². The predicted octanol–water partition coefficient (Wildman–Crippen LogP) is 15.3. The Balaban J connectivity index is 3.88. The van der Waals surface area contributed by atoms with Crippen molar-refractivity contribution in [3.63, 3.8) is 0 Å². The zero-order valence-electron chi connectivity index (χ0n) is 38.1. The summed E-state index contributed by atoms with van der Waals surface area (Å²) in [5.74, 6) is -0.321. The van der Waals surface area contributed by atoms with Gasteiger partial charge in [-0.1, -0.05) is 245 Å². The van der Waals surface area contributed by atoms with E-state index in [1.807, 2.05) is 0 Å². The van der Waals surface area contributed by atoms with E-state index in [0.717, 1.165) is 32.1 Å². The largest absolute Gasteiger partial charge is 0.472 e. The van der Waals surface area contributed by atoms with E-state index in [1.165, 1.54) is 212 Å². The van der Waals surface area contributed by atoms with Gasteiger partial charge in [-0.15, -0.1) is 0 Å². The van der Waals surface area contributed by atoms with Gasteiger partial charge in [0.25, 0.3) is 0 Å². The van der Waals surface area contributed by atoms with E-state index in [9.17, 15) is 14.3 Å². The lowest BCUT2D eigenvalue weighted by Crippen LogP contribution is -2.28. The van der Waals surface area contributed by atoms with Crippen molar-refractivity contribution < 1.29 is 32.8 Å². The third-order valence-electron chi connectivity index (χ3n) is 11.3. The normalized spacial score (nSPS) is 13.3. The van der Waals surface area contributed by atoms with Gasteiger partial charge in [-0.25, -0.2) is 4.57 Å². The van der Waals surface area contributed by atoms with Crippen molar-refractivity contribution in [3.8, 4) is 0 Å². The van der Waals surface area contributed by atoms with Gasteiger partial charge in [-0.2, -0.15) is 0 Å². The third kappa shape index (κ3) is 46.4. The molecule has 0 fully saturated rings. The monoisotopic (exact) mass is 832 g/mol. The Morgan fingerprint density at radius 2 is 0.772 bits per heavy atom. The summed E-state index contributed by atoms with van der Waals surface area (Å²) in [6.45, 7) is 5.00. The van der Waals surface area contributed by atoms with Gasteiger partial charge in [-0.3, -0.25) is 13.8 Å². The molecule has 0 aromatic carbocycles. The number of hydrogen-bond donors (Lipinski definition) is 2. The lowest BCUT2D eigenvalue weighted by atomic mass is 10.0. The first-order valence-electron chi connectivity index (χ1n) is 25.0. The Bertz CT molecular complexity index is 848. The number of phosphoric ester groups is 1. The molecule has 342 valence electrons. The number of rotatable bonds is 49. The lowest BCUT2D eigenvalue weighted by Gasteiger charge is -2.20. The molecule has 0 radical (unpaired) electrons. The SMILES string of the molecule is CCCCCCCCCCCCCCCCCCCCCCCCC(=O)O[C@H](COCCCCCCCCCCCCCCCCCC)COP(=O)(O)OCCN. The maximum atomic E-state index is 12.6. The van der Waals surface area contributed by atoms with Crippen LogP contribution in [0.2, 0.25) is 0 Å². The van der Waals surface area contributed by atoms with Gasteiger partial charge in [-0.05, 0) is 12.8 Å². The Hall–Kier alpha value is -0.500. The second kappa shape index (κ2) is 46.6. The van der Waals surface area contributed by atoms with E-state index in [-0.39, 0.29) is 32.3 Å². The van der Waals surface area contributed by atoms with Gasteiger partial charge in [0, 0.05) is 19.6 Å². The van der Waals surface area contributed by atoms with E-state index in [2.05, 4.69) is 13.8 Å². The summed E-state index contributed by atoms with van der Waals surface area (Å²) in [6, 6.07) is 0. The highest BCUT2D eigenvalue weighted by molar-refractivity contribution is 7.47. The summed E-state index contributed by atoms with van der Waals surface area (Å²) in [5.41, 5.74) is 5.38. The van der Waals surface area contributed by atoms with E-state index in [1.54, 1.807) is 0 Å². The maximum Gasteiger partial charge on any atom is 0.472 e. The molecule has 0 amide bonds. The van der Waals surface area contributed by atoms with Gasteiger partial charge in [0.15, 0.2) is 0 Å². The fourth-order valence-corrected chi connectivity index (χ4v) is 8.35. The van der Waals surface area contributed by atoms with Crippen molar-refractivity contribution in [2.24, 2.45) is 5.73 Å². The standard InChI is InChI=1S/C48H98NO7P/c1-3-5-7-9-11-13-15-17-19-21-22-23-24-25-26-27-29-31-33-35-37-39-41-48(50)56-47(46-55-57(51,52)54-44-42-49)45-53-43-40-38-36-34-32-30-28-20-18-16-14-12-10-8-6-4-2/h47H,3-46,49H2,1-2H3,(H,51,52)/t47-/m1/s1. The Kier molecular flexibility index (Phi) is 46.2. The van der Waals surface area contributed by atoms with Crippen LogP contribution in [0.15, 0.2) is 0 Å². The second-order valence-electron chi connectivity index (χ2n) is 17.1. The average molecular weight is 832 g/mol. The molecular weight excluding hydrogens is 734 g/mol. The molecule has 9 heteroatoms. The van der Waals surface area contributed by atoms with Crippen molar-refractivity contribution in [1.29, 1.82) is 0 Å². The smallest absolute Gasteiger partial charge is 0.457 e. The minimum atomic E-state index is -4.27. The fraction of sp³-hybridized carbons (Fsp3) is 0.979. The van der Waals surface area contributed by atoms with Crippen LogP contribution < -0.4 is 5.73 Å². The Morgan fingerprint density at radius 1 is 0.456 bits per heavy atom. The molecule has 1 unspecified atom stereocenters. The number of hydrogen-bond acceptors (Lipinski definition) is 7. The zero-order chi connectivity index (χ0) is 41.6. The highest BCUT2D eigenvalue weighted by Crippen LogP contribution is 2.43. The van der Waals surface area contributed by atoms with E-state index in [0.29, 0.717) is 13.0 Å². The van der Waals surface area contributed by atoms with Crippen LogP contribution in [-0.2, 0) is 27.9 Å². The summed E-state index contributed by atoms with van der Waals surface area (Å²) in [7, 11) is -4.27. The summed E-state index contributed by atoms with van der Waals surface area (Å²) in [5, 5.41) is 0. The second-order valence-corrected chi connectivity index (χ2v) is 18.5. The average Bonchev–Trinajstić information content (AvgIpc) is 3.20. The molecule has 0 bridgehead atoms. The first kappa shape index (κ1) is 56.5. The molecule has 8 nitrogen and oxygen atoms in total. The molecule has 0 rings (SSSR count). The van der Waals surface area contributed by atoms with Crippen LogP contribution in [0.5, 0.6) is 0 Å². The fourth-order valence-electron chi connectivity index (χ4n) is 7.59. The van der Waals surface area contributed by atoms with Crippen molar-refractivity contribution >= 4 is 13.8 Å². The molecule has 2 atom stereocenters. The van der Waals surface area contributed by atoms with E-state index in [4.69, 9.17) is 24.3 Å². The van der Waals surface area contributed by atoms with Crippen molar-refractivity contribution in [2.75, 3.05) is 33.0 Å². The zero-order valence-corrected chi connectivity index (χ0v) is 39.0. The van der Waals surface area contributed by atoms with Gasteiger partial charge < -0.3 is 20.1 Å². The molecule has 0 aromatic heterocycles. The lowest BCUT2D eigenvalue weighted by molar-refractivity contribution is -0.154. The maximum absolute atomic E-state index is 12.6. The number of phosphoric acid groups is 1. The molecule has 0 aromatic rings. The summed E-state index contributed by atoms with van der Waals surface area (Å²) in [4.78, 5) is 22.6.